The molecule has 0 spiro atoms. The number of hydrogen-bond acceptors (Lipinski definition) is 3. The van der Waals surface area contributed by atoms with Crippen molar-refractivity contribution in [3.05, 3.63) is 28.8 Å². The van der Waals surface area contributed by atoms with Crippen LogP contribution in [0.3, 0.4) is 0 Å². The fraction of sp³-hybridized carbons (Fsp3) is 0.500. The summed E-state index contributed by atoms with van der Waals surface area (Å²) in [5.41, 5.74) is 0.269. The summed E-state index contributed by atoms with van der Waals surface area (Å²) in [6, 6.07) is 2.68. The molecule has 1 atom stereocenters. The first-order valence-electron chi connectivity index (χ1n) is 4.83. The van der Waals surface area contributed by atoms with Crippen LogP contribution in [-0.4, -0.2) is 22.7 Å². The van der Waals surface area contributed by atoms with Crippen LogP contribution < -0.4 is 5.32 Å². The Labute approximate surface area is 93.3 Å². The smallest absolute Gasteiger partial charge is 0.146 e. The number of aromatic nitrogens is 1. The van der Waals surface area contributed by atoms with Crippen LogP contribution in [0, 0.1) is 5.82 Å². The van der Waals surface area contributed by atoms with E-state index < -0.39 is 11.9 Å². The number of aliphatic hydroxyl groups is 1. The number of pyridine rings is 1. The van der Waals surface area contributed by atoms with E-state index >= 15 is 0 Å². The molecular formula is C10H14ClFN2O. The molecule has 84 valence electrons. The third kappa shape index (κ3) is 4.11. The molecule has 0 aliphatic rings. The van der Waals surface area contributed by atoms with Crippen LogP contribution in [0.1, 0.15) is 19.0 Å². The summed E-state index contributed by atoms with van der Waals surface area (Å²) in [5.74, 6) is -0.391. The second-order valence-electron chi connectivity index (χ2n) is 3.26. The molecule has 1 rings (SSSR count). The number of nitrogens with zero attached hydrogens (tertiary/aromatic N) is 1. The zero-order chi connectivity index (χ0) is 11.3. The van der Waals surface area contributed by atoms with Crippen molar-refractivity contribution in [1.29, 1.82) is 0 Å². The number of nitrogens with one attached hydrogen (secondary N) is 1. The first-order chi connectivity index (χ1) is 7.13. The zero-order valence-corrected chi connectivity index (χ0v) is 9.26. The molecule has 5 heteroatoms. The van der Waals surface area contributed by atoms with E-state index in [0.29, 0.717) is 13.0 Å². The quantitative estimate of drug-likeness (QED) is 0.761. The van der Waals surface area contributed by atoms with Gasteiger partial charge in [-0.3, -0.25) is 0 Å². The van der Waals surface area contributed by atoms with Crippen molar-refractivity contribution in [3.63, 3.8) is 0 Å². The summed E-state index contributed by atoms with van der Waals surface area (Å²) in [4.78, 5) is 3.84. The molecule has 1 heterocycles. The van der Waals surface area contributed by atoms with Crippen LogP contribution in [0.25, 0.3) is 0 Å². The molecule has 0 aliphatic heterocycles. The molecule has 0 fully saturated rings. The molecule has 0 bridgehead atoms. The maximum Gasteiger partial charge on any atom is 0.146 e. The van der Waals surface area contributed by atoms with Crippen LogP contribution in [-0.2, 0) is 6.54 Å². The van der Waals surface area contributed by atoms with Gasteiger partial charge in [-0.05, 0) is 18.6 Å². The van der Waals surface area contributed by atoms with Crippen molar-refractivity contribution >= 4 is 11.6 Å². The van der Waals surface area contributed by atoms with Crippen molar-refractivity contribution in [2.75, 3.05) is 6.54 Å². The van der Waals surface area contributed by atoms with Crippen molar-refractivity contribution in [2.45, 2.75) is 26.0 Å². The van der Waals surface area contributed by atoms with Crippen LogP contribution in [0.5, 0.6) is 0 Å². The molecule has 0 radical (unpaired) electrons. The molecule has 0 unspecified atom stereocenters. The highest BCUT2D eigenvalue weighted by molar-refractivity contribution is 6.29. The third-order valence-electron chi connectivity index (χ3n) is 2.03. The summed E-state index contributed by atoms with van der Waals surface area (Å²) in [6.45, 7) is 2.57. The summed E-state index contributed by atoms with van der Waals surface area (Å²) in [5, 5.41) is 12.4. The van der Waals surface area contributed by atoms with E-state index in [9.17, 15) is 9.50 Å². The van der Waals surface area contributed by atoms with Gasteiger partial charge in [0.1, 0.15) is 11.0 Å². The van der Waals surface area contributed by atoms with E-state index in [1.54, 1.807) is 0 Å². The van der Waals surface area contributed by atoms with Gasteiger partial charge in [0, 0.05) is 13.1 Å². The van der Waals surface area contributed by atoms with Gasteiger partial charge in [-0.2, -0.15) is 0 Å². The number of rotatable bonds is 5. The Hall–Kier alpha value is -0.710. The molecule has 1 aromatic rings. The lowest BCUT2D eigenvalue weighted by molar-refractivity contribution is 0.167. The monoisotopic (exact) mass is 232 g/mol. The predicted molar refractivity (Wildman–Crippen MR) is 57.2 cm³/mol. The summed E-state index contributed by atoms with van der Waals surface area (Å²) in [6.07, 6.45) is 0.255. The highest BCUT2D eigenvalue weighted by atomic mass is 35.5. The average Bonchev–Trinajstić information content (AvgIpc) is 2.23. The van der Waals surface area contributed by atoms with Gasteiger partial charge < -0.3 is 10.4 Å². The van der Waals surface area contributed by atoms with Crippen molar-refractivity contribution in [2.24, 2.45) is 0 Å². The highest BCUT2D eigenvalue weighted by Crippen LogP contribution is 2.09. The largest absolute Gasteiger partial charge is 0.392 e. The SMILES string of the molecule is CC[C@@H](O)CNCc1nc(Cl)ccc1F. The van der Waals surface area contributed by atoms with Crippen molar-refractivity contribution in [3.8, 4) is 0 Å². The first kappa shape index (κ1) is 12.4. The second-order valence-corrected chi connectivity index (χ2v) is 3.64. The summed E-state index contributed by atoms with van der Waals surface area (Å²) < 4.78 is 13.2. The lowest BCUT2D eigenvalue weighted by atomic mass is 10.2. The molecule has 0 amide bonds. The molecular weight excluding hydrogens is 219 g/mol. The Balaban J connectivity index is 2.46. The van der Waals surface area contributed by atoms with Gasteiger partial charge in [0.05, 0.1) is 11.8 Å². The van der Waals surface area contributed by atoms with E-state index in [4.69, 9.17) is 11.6 Å². The number of halogens is 2. The highest BCUT2D eigenvalue weighted by Gasteiger charge is 2.05. The Morgan fingerprint density at radius 1 is 1.60 bits per heavy atom. The fourth-order valence-electron chi connectivity index (χ4n) is 1.08. The minimum absolute atomic E-state index is 0.267. The minimum atomic E-state index is -0.410. The van der Waals surface area contributed by atoms with Gasteiger partial charge in [-0.1, -0.05) is 18.5 Å². The maximum absolute atomic E-state index is 13.2. The molecule has 15 heavy (non-hydrogen) atoms. The topological polar surface area (TPSA) is 45.1 Å². The average molecular weight is 233 g/mol. The first-order valence-corrected chi connectivity index (χ1v) is 5.21. The van der Waals surface area contributed by atoms with Crippen molar-refractivity contribution in [1.82, 2.24) is 10.3 Å². The molecule has 1 aromatic heterocycles. The molecule has 0 saturated carbocycles. The van der Waals surface area contributed by atoms with Crippen molar-refractivity contribution < 1.29 is 9.50 Å². The minimum Gasteiger partial charge on any atom is -0.392 e. The van der Waals surface area contributed by atoms with Crippen LogP contribution >= 0.6 is 11.6 Å². The van der Waals surface area contributed by atoms with E-state index in [1.807, 2.05) is 6.92 Å². The van der Waals surface area contributed by atoms with Gasteiger partial charge in [0.15, 0.2) is 0 Å². The molecule has 2 N–H and O–H groups in total. The maximum atomic E-state index is 13.2. The summed E-state index contributed by atoms with van der Waals surface area (Å²) >= 11 is 5.63. The molecule has 0 aliphatic carbocycles. The lowest BCUT2D eigenvalue weighted by Gasteiger charge is -2.09. The van der Waals surface area contributed by atoms with E-state index in [0.717, 1.165) is 0 Å². The Morgan fingerprint density at radius 2 is 2.33 bits per heavy atom. The van der Waals surface area contributed by atoms with Gasteiger partial charge >= 0.3 is 0 Å². The Kier molecular flexibility index (Phi) is 4.94. The molecule has 3 nitrogen and oxygen atoms in total. The Morgan fingerprint density at radius 3 is 3.00 bits per heavy atom. The Bertz CT molecular complexity index is 322. The van der Waals surface area contributed by atoms with Gasteiger partial charge in [0.25, 0.3) is 0 Å². The lowest BCUT2D eigenvalue weighted by Crippen LogP contribution is -2.26. The predicted octanol–water partition coefficient (Wildman–Crippen LogP) is 1.73. The number of aliphatic hydroxyl groups excluding tert-OH is 1. The van der Waals surface area contributed by atoms with Crippen LogP contribution in [0.2, 0.25) is 5.15 Å². The molecule has 0 saturated heterocycles. The molecule has 0 aromatic carbocycles. The zero-order valence-electron chi connectivity index (χ0n) is 8.50. The van der Waals surface area contributed by atoms with E-state index in [-0.39, 0.29) is 17.4 Å². The van der Waals surface area contributed by atoms with E-state index in [2.05, 4.69) is 10.3 Å². The normalized spacial score (nSPS) is 12.8. The second kappa shape index (κ2) is 6.00. The third-order valence-corrected chi connectivity index (χ3v) is 2.24. The van der Waals surface area contributed by atoms with E-state index in [1.165, 1.54) is 12.1 Å². The standard InChI is InChI=1S/C10H14ClFN2O/c1-2-7(15)5-13-6-9-8(12)3-4-10(11)14-9/h3-4,7,13,15H,2,5-6H2,1H3/t7-/m1/s1. The van der Waals surface area contributed by atoms with Gasteiger partial charge in [-0.25, -0.2) is 9.37 Å². The van der Waals surface area contributed by atoms with Crippen LogP contribution in [0.4, 0.5) is 4.39 Å². The number of hydrogen-bond donors (Lipinski definition) is 2. The summed E-state index contributed by atoms with van der Waals surface area (Å²) in [7, 11) is 0. The van der Waals surface area contributed by atoms with Gasteiger partial charge in [0.2, 0.25) is 0 Å². The fourth-order valence-corrected chi connectivity index (χ4v) is 1.25. The van der Waals surface area contributed by atoms with Crippen LogP contribution in [0.15, 0.2) is 12.1 Å². The van der Waals surface area contributed by atoms with Gasteiger partial charge in [-0.15, -0.1) is 0 Å².